The molecule has 3 nitrogen and oxygen atoms in total. The maximum Gasteiger partial charge on any atom is 0.294 e. The summed E-state index contributed by atoms with van der Waals surface area (Å²) < 4.78 is 30.9. The molecule has 0 bridgehead atoms. The number of rotatable bonds is 3. The minimum absolute atomic E-state index is 0.0171. The predicted octanol–water partition coefficient (Wildman–Crippen LogP) is 2.19. The highest BCUT2D eigenvalue weighted by atomic mass is 32.2. The Bertz CT molecular complexity index is 421. The van der Waals surface area contributed by atoms with Crippen molar-refractivity contribution in [3.05, 3.63) is 29.3 Å². The number of benzene rings is 1. The van der Waals surface area contributed by atoms with Crippen LogP contribution in [0.2, 0.25) is 0 Å². The summed E-state index contributed by atoms with van der Waals surface area (Å²) >= 11 is 0. The molecule has 0 fully saturated rings. The second-order valence-electron chi connectivity index (χ2n) is 3.32. The van der Waals surface area contributed by atoms with E-state index in [9.17, 15) is 8.42 Å². The molecular formula is C10H14O3S. The maximum atomic E-state index is 11.0. The summed E-state index contributed by atoms with van der Waals surface area (Å²) in [5, 5.41) is 0. The van der Waals surface area contributed by atoms with Crippen molar-refractivity contribution in [2.24, 2.45) is 0 Å². The van der Waals surface area contributed by atoms with Crippen molar-refractivity contribution in [2.75, 3.05) is 0 Å². The van der Waals surface area contributed by atoms with Gasteiger partial charge in [0.05, 0.1) is 4.90 Å². The molecule has 0 aliphatic heterocycles. The molecule has 1 N–H and O–H groups in total. The van der Waals surface area contributed by atoms with Crippen LogP contribution < -0.4 is 0 Å². The van der Waals surface area contributed by atoms with Gasteiger partial charge in [0.2, 0.25) is 0 Å². The Morgan fingerprint density at radius 2 is 2.00 bits per heavy atom. The lowest BCUT2D eigenvalue weighted by Gasteiger charge is -2.05. The lowest BCUT2D eigenvalue weighted by atomic mass is 10.1. The van der Waals surface area contributed by atoms with E-state index in [4.69, 9.17) is 4.55 Å². The van der Waals surface area contributed by atoms with E-state index in [0.29, 0.717) is 5.56 Å². The highest BCUT2D eigenvalue weighted by Gasteiger charge is 2.12. The van der Waals surface area contributed by atoms with Crippen LogP contribution in [0, 0.1) is 6.92 Å². The first-order chi connectivity index (χ1) is 6.45. The Hall–Kier alpha value is -0.870. The van der Waals surface area contributed by atoms with E-state index in [-0.39, 0.29) is 4.90 Å². The summed E-state index contributed by atoms with van der Waals surface area (Å²) in [4.78, 5) is 0.0171. The van der Waals surface area contributed by atoms with Crippen LogP contribution in [0.5, 0.6) is 0 Å². The van der Waals surface area contributed by atoms with Crippen molar-refractivity contribution in [2.45, 2.75) is 31.6 Å². The number of hydrogen-bond acceptors (Lipinski definition) is 2. The fourth-order valence-corrected chi connectivity index (χ4v) is 2.14. The van der Waals surface area contributed by atoms with Crippen LogP contribution in [0.25, 0.3) is 0 Å². The molecular weight excluding hydrogens is 200 g/mol. The molecule has 0 radical (unpaired) electrons. The van der Waals surface area contributed by atoms with Gasteiger partial charge in [0.15, 0.2) is 0 Å². The first kappa shape index (κ1) is 11.2. The third kappa shape index (κ3) is 2.56. The molecule has 0 atom stereocenters. The van der Waals surface area contributed by atoms with Gasteiger partial charge in [0.25, 0.3) is 10.1 Å². The van der Waals surface area contributed by atoms with E-state index in [1.165, 1.54) is 6.07 Å². The Labute approximate surface area is 84.5 Å². The fraction of sp³-hybridized carbons (Fsp3) is 0.400. The van der Waals surface area contributed by atoms with E-state index >= 15 is 0 Å². The molecule has 0 saturated heterocycles. The third-order valence-electron chi connectivity index (χ3n) is 2.07. The van der Waals surface area contributed by atoms with E-state index in [1.54, 1.807) is 13.0 Å². The Balaban J connectivity index is 3.22. The van der Waals surface area contributed by atoms with Crippen LogP contribution in [-0.2, 0) is 16.5 Å². The average molecular weight is 214 g/mol. The van der Waals surface area contributed by atoms with Gasteiger partial charge >= 0.3 is 0 Å². The Kier molecular flexibility index (Phi) is 3.29. The minimum atomic E-state index is -4.07. The second kappa shape index (κ2) is 4.11. The zero-order chi connectivity index (χ0) is 10.8. The normalized spacial score (nSPS) is 11.6. The van der Waals surface area contributed by atoms with Gasteiger partial charge in [0.1, 0.15) is 0 Å². The van der Waals surface area contributed by atoms with Gasteiger partial charge < -0.3 is 0 Å². The lowest BCUT2D eigenvalue weighted by molar-refractivity contribution is 0.482. The summed E-state index contributed by atoms with van der Waals surface area (Å²) in [5.41, 5.74) is 1.51. The molecule has 1 rings (SSSR count). The topological polar surface area (TPSA) is 54.4 Å². The van der Waals surface area contributed by atoms with Crippen LogP contribution >= 0.6 is 0 Å². The number of hydrogen-bond donors (Lipinski definition) is 1. The van der Waals surface area contributed by atoms with Crippen LogP contribution in [0.15, 0.2) is 23.1 Å². The van der Waals surface area contributed by atoms with Crippen LogP contribution in [-0.4, -0.2) is 13.0 Å². The molecule has 0 spiro atoms. The summed E-state index contributed by atoms with van der Waals surface area (Å²) in [7, 11) is -4.07. The number of aryl methyl sites for hydroxylation is 2. The summed E-state index contributed by atoms with van der Waals surface area (Å²) in [5.74, 6) is 0. The summed E-state index contributed by atoms with van der Waals surface area (Å²) in [6, 6.07) is 5.13. The van der Waals surface area contributed by atoms with Crippen molar-refractivity contribution in [3.8, 4) is 0 Å². The minimum Gasteiger partial charge on any atom is -0.282 e. The Morgan fingerprint density at radius 3 is 2.50 bits per heavy atom. The van der Waals surface area contributed by atoms with Crippen molar-refractivity contribution >= 4 is 10.1 Å². The SMILES string of the molecule is CCCc1ccc(C)c(S(=O)(=O)O)c1. The molecule has 1 aromatic carbocycles. The van der Waals surface area contributed by atoms with Crippen molar-refractivity contribution in [1.82, 2.24) is 0 Å². The van der Waals surface area contributed by atoms with Gasteiger partial charge in [0, 0.05) is 0 Å². The van der Waals surface area contributed by atoms with E-state index in [0.717, 1.165) is 18.4 Å². The van der Waals surface area contributed by atoms with Crippen LogP contribution in [0.4, 0.5) is 0 Å². The second-order valence-corrected chi connectivity index (χ2v) is 4.71. The van der Waals surface area contributed by atoms with Gasteiger partial charge in [-0.1, -0.05) is 25.5 Å². The summed E-state index contributed by atoms with van der Waals surface area (Å²) in [6.45, 7) is 3.69. The molecule has 0 amide bonds. The lowest BCUT2D eigenvalue weighted by Crippen LogP contribution is -2.01. The van der Waals surface area contributed by atoms with E-state index in [2.05, 4.69) is 0 Å². The molecule has 0 aromatic heterocycles. The zero-order valence-corrected chi connectivity index (χ0v) is 9.13. The molecule has 0 aliphatic carbocycles. The fourth-order valence-electron chi connectivity index (χ4n) is 1.37. The molecule has 78 valence electrons. The summed E-state index contributed by atoms with van der Waals surface area (Å²) in [6.07, 6.45) is 1.77. The van der Waals surface area contributed by atoms with Gasteiger partial charge in [-0.2, -0.15) is 8.42 Å². The molecule has 0 saturated carbocycles. The quantitative estimate of drug-likeness (QED) is 0.785. The molecule has 4 heteroatoms. The highest BCUT2D eigenvalue weighted by molar-refractivity contribution is 7.85. The van der Waals surface area contributed by atoms with Gasteiger partial charge in [-0.25, -0.2) is 0 Å². The van der Waals surface area contributed by atoms with Gasteiger partial charge in [-0.05, 0) is 30.5 Å². The monoisotopic (exact) mass is 214 g/mol. The molecule has 0 aliphatic rings. The van der Waals surface area contributed by atoms with Gasteiger partial charge in [-0.15, -0.1) is 0 Å². The molecule has 1 aromatic rings. The smallest absolute Gasteiger partial charge is 0.282 e. The maximum absolute atomic E-state index is 11.0. The zero-order valence-electron chi connectivity index (χ0n) is 8.32. The highest BCUT2D eigenvalue weighted by Crippen LogP contribution is 2.17. The van der Waals surface area contributed by atoms with Crippen molar-refractivity contribution in [3.63, 3.8) is 0 Å². The van der Waals surface area contributed by atoms with E-state index < -0.39 is 10.1 Å². The third-order valence-corrected chi connectivity index (χ3v) is 3.06. The van der Waals surface area contributed by atoms with Gasteiger partial charge in [-0.3, -0.25) is 4.55 Å². The standard InChI is InChI=1S/C10H14O3S/c1-3-4-9-6-5-8(2)10(7-9)14(11,12)13/h5-7H,3-4H2,1-2H3,(H,11,12,13). The van der Waals surface area contributed by atoms with Crippen molar-refractivity contribution < 1.29 is 13.0 Å². The average Bonchev–Trinajstić information content (AvgIpc) is 2.07. The largest absolute Gasteiger partial charge is 0.294 e. The van der Waals surface area contributed by atoms with Crippen LogP contribution in [0.1, 0.15) is 24.5 Å². The first-order valence-electron chi connectivity index (χ1n) is 4.52. The first-order valence-corrected chi connectivity index (χ1v) is 5.96. The molecule has 14 heavy (non-hydrogen) atoms. The van der Waals surface area contributed by atoms with E-state index in [1.807, 2.05) is 13.0 Å². The molecule has 0 unspecified atom stereocenters. The van der Waals surface area contributed by atoms with Crippen LogP contribution in [0.3, 0.4) is 0 Å². The molecule has 0 heterocycles. The Morgan fingerprint density at radius 1 is 1.36 bits per heavy atom. The van der Waals surface area contributed by atoms with Crippen molar-refractivity contribution in [1.29, 1.82) is 0 Å². The predicted molar refractivity (Wildman–Crippen MR) is 55.0 cm³/mol.